The molecule has 0 fully saturated rings. The molecule has 0 saturated carbocycles. The molecule has 6 heteroatoms. The molecule has 6 nitrogen and oxygen atoms in total. The van der Waals surface area contributed by atoms with Gasteiger partial charge in [-0.05, 0) is 19.1 Å². The molecule has 0 radical (unpaired) electrons. The lowest BCUT2D eigenvalue weighted by atomic mass is 10.2. The second kappa shape index (κ2) is 5.81. The van der Waals surface area contributed by atoms with Gasteiger partial charge >= 0.3 is 11.9 Å². The van der Waals surface area contributed by atoms with Crippen LogP contribution in [-0.4, -0.2) is 23.5 Å². The molecule has 1 heterocycles. The number of rotatable bonds is 3. The van der Waals surface area contributed by atoms with Crippen LogP contribution in [0, 0.1) is 0 Å². The summed E-state index contributed by atoms with van der Waals surface area (Å²) in [6.07, 6.45) is 1.65. The second-order valence-corrected chi connectivity index (χ2v) is 3.68. The van der Waals surface area contributed by atoms with Gasteiger partial charge in [0.1, 0.15) is 0 Å². The molecule has 2 N–H and O–H groups in total. The third-order valence-corrected chi connectivity index (χ3v) is 2.40. The predicted molar refractivity (Wildman–Crippen MR) is 70.1 cm³/mol. The third kappa shape index (κ3) is 2.98. The number of benzene rings is 1. The van der Waals surface area contributed by atoms with Crippen LogP contribution in [0.15, 0.2) is 36.5 Å². The zero-order valence-electron chi connectivity index (χ0n) is 10.3. The molecular formula is C13H13N3O3. The number of ether oxygens (including phenoxy) is 1. The molecule has 19 heavy (non-hydrogen) atoms. The van der Waals surface area contributed by atoms with Gasteiger partial charge in [0.25, 0.3) is 0 Å². The standard InChI is InChI=1S/C13H13N3O3/c1-2-19-13(18)12(17)16-15-10-7-3-5-9-6-4-8-14-11(9)10/h3-8,15H,2H2,1H3,(H,16,17). The van der Waals surface area contributed by atoms with Crippen LogP contribution in [0.4, 0.5) is 5.69 Å². The largest absolute Gasteiger partial charge is 0.459 e. The lowest BCUT2D eigenvalue weighted by Gasteiger charge is -2.09. The molecule has 0 bridgehead atoms. The molecule has 98 valence electrons. The van der Waals surface area contributed by atoms with Gasteiger partial charge < -0.3 is 4.74 Å². The summed E-state index contributed by atoms with van der Waals surface area (Å²) in [5.41, 5.74) is 6.25. The second-order valence-electron chi connectivity index (χ2n) is 3.68. The van der Waals surface area contributed by atoms with Crippen LogP contribution < -0.4 is 10.9 Å². The van der Waals surface area contributed by atoms with E-state index in [1.165, 1.54) is 0 Å². The van der Waals surface area contributed by atoms with E-state index in [-0.39, 0.29) is 6.61 Å². The zero-order valence-corrected chi connectivity index (χ0v) is 10.3. The average molecular weight is 259 g/mol. The van der Waals surface area contributed by atoms with Gasteiger partial charge in [-0.1, -0.05) is 18.2 Å². The summed E-state index contributed by atoms with van der Waals surface area (Å²) in [5.74, 6) is -1.78. The summed E-state index contributed by atoms with van der Waals surface area (Å²) in [7, 11) is 0. The molecule has 2 aromatic rings. The number of carbonyl (C=O) groups excluding carboxylic acids is 2. The van der Waals surface area contributed by atoms with Crippen molar-refractivity contribution >= 4 is 28.5 Å². The molecule has 0 aliphatic rings. The highest BCUT2D eigenvalue weighted by Crippen LogP contribution is 2.19. The van der Waals surface area contributed by atoms with Gasteiger partial charge in [0.05, 0.1) is 17.8 Å². The topological polar surface area (TPSA) is 80.3 Å². The molecule has 0 saturated heterocycles. The average Bonchev–Trinajstić information content (AvgIpc) is 2.45. The van der Waals surface area contributed by atoms with Gasteiger partial charge in [0.2, 0.25) is 0 Å². The number of amides is 1. The lowest BCUT2D eigenvalue weighted by molar-refractivity contribution is -0.154. The number of hydrazine groups is 1. The van der Waals surface area contributed by atoms with Crippen LogP contribution in [0.25, 0.3) is 10.9 Å². The maximum Gasteiger partial charge on any atom is 0.398 e. The number of hydrogen-bond donors (Lipinski definition) is 2. The Balaban J connectivity index is 2.10. The molecule has 0 spiro atoms. The van der Waals surface area contributed by atoms with Crippen LogP contribution in [0.3, 0.4) is 0 Å². The molecule has 0 unspecified atom stereocenters. The Morgan fingerprint density at radius 1 is 1.26 bits per heavy atom. The lowest BCUT2D eigenvalue weighted by Crippen LogP contribution is -2.36. The fraction of sp³-hybridized carbons (Fsp3) is 0.154. The van der Waals surface area contributed by atoms with Crippen molar-refractivity contribution in [1.29, 1.82) is 0 Å². The molecule has 0 atom stereocenters. The molecular weight excluding hydrogens is 246 g/mol. The van der Waals surface area contributed by atoms with Crippen molar-refractivity contribution < 1.29 is 14.3 Å². The van der Waals surface area contributed by atoms with E-state index >= 15 is 0 Å². The number of pyridine rings is 1. The Kier molecular flexibility index (Phi) is 3.92. The summed E-state index contributed by atoms with van der Waals surface area (Å²) in [6, 6.07) is 9.20. The molecule has 1 aromatic heterocycles. The number of nitrogens with one attached hydrogen (secondary N) is 2. The van der Waals surface area contributed by atoms with E-state index in [1.54, 1.807) is 19.2 Å². The van der Waals surface area contributed by atoms with Crippen molar-refractivity contribution in [3.05, 3.63) is 36.5 Å². The Morgan fingerprint density at radius 3 is 2.84 bits per heavy atom. The van der Waals surface area contributed by atoms with Gasteiger partial charge in [-0.25, -0.2) is 4.79 Å². The number of aromatic nitrogens is 1. The maximum atomic E-state index is 11.4. The van der Waals surface area contributed by atoms with Gasteiger partial charge in [-0.2, -0.15) is 0 Å². The minimum Gasteiger partial charge on any atom is -0.459 e. The summed E-state index contributed by atoms with van der Waals surface area (Å²) >= 11 is 0. The van der Waals surface area contributed by atoms with E-state index < -0.39 is 11.9 Å². The van der Waals surface area contributed by atoms with Gasteiger partial charge in [-0.15, -0.1) is 0 Å². The minimum atomic E-state index is -0.928. The van der Waals surface area contributed by atoms with E-state index in [0.29, 0.717) is 11.2 Å². The highest BCUT2D eigenvalue weighted by molar-refractivity contribution is 6.32. The Morgan fingerprint density at radius 2 is 2.05 bits per heavy atom. The monoisotopic (exact) mass is 259 g/mol. The van der Waals surface area contributed by atoms with Crippen molar-refractivity contribution in [2.24, 2.45) is 0 Å². The molecule has 1 aromatic carbocycles. The molecule has 0 aliphatic carbocycles. The van der Waals surface area contributed by atoms with Crippen LogP contribution in [0.2, 0.25) is 0 Å². The smallest absolute Gasteiger partial charge is 0.398 e. The third-order valence-electron chi connectivity index (χ3n) is 2.40. The summed E-state index contributed by atoms with van der Waals surface area (Å²) in [6.45, 7) is 1.79. The van der Waals surface area contributed by atoms with Gasteiger partial charge in [-0.3, -0.25) is 20.6 Å². The Labute approximate surface area is 109 Å². The number of hydrogen-bond acceptors (Lipinski definition) is 5. The van der Waals surface area contributed by atoms with Crippen molar-refractivity contribution in [2.75, 3.05) is 12.0 Å². The maximum absolute atomic E-state index is 11.4. The molecule has 0 aliphatic heterocycles. The Hall–Kier alpha value is -2.63. The van der Waals surface area contributed by atoms with E-state index in [0.717, 1.165) is 5.39 Å². The number of esters is 1. The fourth-order valence-corrected chi connectivity index (χ4v) is 1.58. The highest BCUT2D eigenvalue weighted by atomic mass is 16.5. The van der Waals surface area contributed by atoms with Crippen molar-refractivity contribution in [2.45, 2.75) is 6.92 Å². The highest BCUT2D eigenvalue weighted by Gasteiger charge is 2.14. The number of fused-ring (bicyclic) bond motifs is 1. The van der Waals surface area contributed by atoms with Crippen LogP contribution in [0.5, 0.6) is 0 Å². The number of anilines is 1. The minimum absolute atomic E-state index is 0.155. The van der Waals surface area contributed by atoms with Crippen molar-refractivity contribution in [3.8, 4) is 0 Å². The first-order valence-electron chi connectivity index (χ1n) is 5.79. The van der Waals surface area contributed by atoms with Crippen LogP contribution >= 0.6 is 0 Å². The summed E-state index contributed by atoms with van der Waals surface area (Å²) in [5, 5.41) is 0.929. The van der Waals surface area contributed by atoms with E-state index in [2.05, 4.69) is 20.6 Å². The SMILES string of the molecule is CCOC(=O)C(=O)NNc1cccc2cccnc12. The van der Waals surface area contributed by atoms with E-state index in [4.69, 9.17) is 0 Å². The fourth-order valence-electron chi connectivity index (χ4n) is 1.58. The first-order chi connectivity index (χ1) is 9.22. The quantitative estimate of drug-likeness (QED) is 0.492. The van der Waals surface area contributed by atoms with Crippen molar-refractivity contribution in [3.63, 3.8) is 0 Å². The molecule has 2 rings (SSSR count). The first kappa shape index (κ1) is 12.8. The summed E-state index contributed by atoms with van der Waals surface area (Å²) in [4.78, 5) is 26.7. The van der Waals surface area contributed by atoms with Crippen molar-refractivity contribution in [1.82, 2.24) is 10.4 Å². The number of carbonyl (C=O) groups is 2. The first-order valence-corrected chi connectivity index (χ1v) is 5.79. The molecule has 1 amide bonds. The van der Waals surface area contributed by atoms with E-state index in [1.807, 2.05) is 24.3 Å². The Bertz CT molecular complexity index is 608. The predicted octanol–water partition coefficient (Wildman–Crippen LogP) is 1.24. The number of nitrogens with zero attached hydrogens (tertiary/aromatic N) is 1. The van der Waals surface area contributed by atoms with Gasteiger partial charge in [0.15, 0.2) is 0 Å². The van der Waals surface area contributed by atoms with Gasteiger partial charge in [0, 0.05) is 11.6 Å². The van der Waals surface area contributed by atoms with Crippen LogP contribution in [-0.2, 0) is 14.3 Å². The zero-order chi connectivity index (χ0) is 13.7. The normalized spacial score (nSPS) is 9.95. The summed E-state index contributed by atoms with van der Waals surface area (Å²) < 4.78 is 4.57. The van der Waals surface area contributed by atoms with Crippen LogP contribution in [0.1, 0.15) is 6.92 Å². The van der Waals surface area contributed by atoms with E-state index in [9.17, 15) is 9.59 Å². The number of para-hydroxylation sites is 1.